The second kappa shape index (κ2) is 10.6. The Labute approximate surface area is 190 Å². The summed E-state index contributed by atoms with van der Waals surface area (Å²) in [5, 5.41) is 4.35. The van der Waals surface area contributed by atoms with E-state index in [0.29, 0.717) is 18.7 Å². The molecule has 0 atom stereocenters. The first-order valence-corrected chi connectivity index (χ1v) is 9.92. The highest BCUT2D eigenvalue weighted by molar-refractivity contribution is 14.0. The van der Waals surface area contributed by atoms with Gasteiger partial charge < -0.3 is 10.2 Å². The van der Waals surface area contributed by atoms with Crippen molar-refractivity contribution < 1.29 is 13.2 Å². The molecule has 29 heavy (non-hydrogen) atoms. The van der Waals surface area contributed by atoms with Crippen LogP contribution in [0, 0.1) is 6.92 Å². The van der Waals surface area contributed by atoms with Crippen molar-refractivity contribution in [3.8, 4) is 0 Å². The molecule has 1 aromatic heterocycles. The molecule has 1 saturated heterocycles. The van der Waals surface area contributed by atoms with Crippen LogP contribution in [-0.2, 0) is 19.3 Å². The maximum absolute atomic E-state index is 12.9. The Bertz CT molecular complexity index is 816. The van der Waals surface area contributed by atoms with Crippen molar-refractivity contribution in [1.82, 2.24) is 20.1 Å². The predicted octanol–water partition coefficient (Wildman–Crippen LogP) is 3.98. The average Bonchev–Trinajstić information content (AvgIpc) is 3.08. The van der Waals surface area contributed by atoms with E-state index in [9.17, 15) is 13.2 Å². The summed E-state index contributed by atoms with van der Waals surface area (Å²) in [5.74, 6) is 0.826. The minimum atomic E-state index is -4.30. The quantitative estimate of drug-likeness (QED) is 0.363. The molecule has 2 aromatic rings. The number of halogens is 4. The third kappa shape index (κ3) is 6.82. The van der Waals surface area contributed by atoms with Gasteiger partial charge in [-0.25, -0.2) is 4.98 Å². The topological polar surface area (TPSA) is 43.8 Å². The molecule has 1 N–H and O–H groups in total. The second-order valence-electron chi connectivity index (χ2n) is 6.73. The molecule has 160 valence electrons. The molecule has 5 nitrogen and oxygen atoms in total. The Morgan fingerprint density at radius 2 is 1.97 bits per heavy atom. The fourth-order valence-electron chi connectivity index (χ4n) is 3.19. The minimum absolute atomic E-state index is 0. The third-order valence-electron chi connectivity index (χ3n) is 4.61. The largest absolute Gasteiger partial charge is 0.416 e. The zero-order valence-corrected chi connectivity index (χ0v) is 19.5. The van der Waals surface area contributed by atoms with Crippen LogP contribution in [0.2, 0.25) is 0 Å². The van der Waals surface area contributed by atoms with Gasteiger partial charge >= 0.3 is 6.18 Å². The van der Waals surface area contributed by atoms with Crippen molar-refractivity contribution in [2.75, 3.05) is 33.2 Å². The molecular formula is C19H25F3IN5S. The fraction of sp³-hybridized carbons (Fsp3) is 0.474. The van der Waals surface area contributed by atoms with Crippen molar-refractivity contribution >= 4 is 41.3 Å². The van der Waals surface area contributed by atoms with Crippen LogP contribution in [0.3, 0.4) is 0 Å². The normalized spacial score (nSPS) is 15.9. The van der Waals surface area contributed by atoms with E-state index in [1.807, 2.05) is 13.1 Å². The zero-order chi connectivity index (χ0) is 20.1. The fourth-order valence-corrected chi connectivity index (χ4v) is 3.92. The van der Waals surface area contributed by atoms with Crippen LogP contribution in [-0.4, -0.2) is 54.0 Å². The van der Waals surface area contributed by atoms with Gasteiger partial charge in [-0.2, -0.15) is 13.2 Å². The van der Waals surface area contributed by atoms with Gasteiger partial charge in [0.1, 0.15) is 5.01 Å². The van der Waals surface area contributed by atoms with Crippen LogP contribution < -0.4 is 5.32 Å². The molecule has 1 aliphatic rings. The van der Waals surface area contributed by atoms with E-state index < -0.39 is 11.7 Å². The van der Waals surface area contributed by atoms with Gasteiger partial charge in [-0.3, -0.25) is 9.89 Å². The van der Waals surface area contributed by atoms with Gasteiger partial charge in [-0.1, -0.05) is 18.2 Å². The smallest absolute Gasteiger partial charge is 0.350 e. The number of benzene rings is 1. The summed E-state index contributed by atoms with van der Waals surface area (Å²) in [6, 6.07) is 5.57. The molecule has 0 radical (unpaired) electrons. The van der Waals surface area contributed by atoms with Crippen molar-refractivity contribution in [1.29, 1.82) is 0 Å². The summed E-state index contributed by atoms with van der Waals surface area (Å²) in [5.41, 5.74) is 0.0931. The number of nitrogens with zero attached hydrogens (tertiary/aromatic N) is 4. The van der Waals surface area contributed by atoms with Crippen molar-refractivity contribution in [3.63, 3.8) is 0 Å². The number of alkyl halides is 3. The summed E-state index contributed by atoms with van der Waals surface area (Å²) in [4.78, 5) is 14.2. The number of aryl methyl sites for hydroxylation is 1. The number of guanidine groups is 1. The van der Waals surface area contributed by atoms with Crippen molar-refractivity contribution in [3.05, 3.63) is 51.5 Å². The van der Waals surface area contributed by atoms with Crippen molar-refractivity contribution in [2.24, 2.45) is 4.99 Å². The molecule has 3 rings (SSSR count). The lowest BCUT2D eigenvalue weighted by Crippen LogP contribution is -2.52. The summed E-state index contributed by atoms with van der Waals surface area (Å²) in [7, 11) is 1.75. The monoisotopic (exact) mass is 539 g/mol. The number of nitrogens with one attached hydrogen (secondary N) is 1. The van der Waals surface area contributed by atoms with Crippen LogP contribution in [0.5, 0.6) is 0 Å². The van der Waals surface area contributed by atoms with Gasteiger partial charge in [-0.05, 0) is 18.6 Å². The highest BCUT2D eigenvalue weighted by Crippen LogP contribution is 2.29. The van der Waals surface area contributed by atoms with E-state index in [0.717, 1.165) is 43.2 Å². The molecule has 0 unspecified atom stereocenters. The molecule has 10 heteroatoms. The first-order chi connectivity index (χ1) is 13.3. The van der Waals surface area contributed by atoms with Crippen molar-refractivity contribution in [2.45, 2.75) is 26.2 Å². The maximum Gasteiger partial charge on any atom is 0.416 e. The summed E-state index contributed by atoms with van der Waals surface area (Å²) < 4.78 is 38.6. The first kappa shape index (κ1) is 23.9. The average molecular weight is 539 g/mol. The maximum atomic E-state index is 12.9. The number of piperazine rings is 1. The summed E-state index contributed by atoms with van der Waals surface area (Å²) in [6.07, 6.45) is -2.44. The third-order valence-corrected chi connectivity index (χ3v) is 5.52. The van der Waals surface area contributed by atoms with Crippen LogP contribution in [0.15, 0.2) is 35.5 Å². The minimum Gasteiger partial charge on any atom is -0.350 e. The number of rotatable bonds is 4. The Balaban J connectivity index is 0.00000300. The lowest BCUT2D eigenvalue weighted by molar-refractivity contribution is -0.137. The number of aromatic nitrogens is 1. The van der Waals surface area contributed by atoms with Crippen LogP contribution in [0.25, 0.3) is 0 Å². The lowest BCUT2D eigenvalue weighted by Gasteiger charge is -2.36. The van der Waals surface area contributed by atoms with Gasteiger partial charge in [0, 0.05) is 50.8 Å². The van der Waals surface area contributed by atoms with Gasteiger partial charge in [0.15, 0.2) is 5.96 Å². The van der Waals surface area contributed by atoms with Crippen LogP contribution in [0.1, 0.15) is 21.0 Å². The number of aliphatic imine (C=N–C) groups is 1. The molecule has 0 amide bonds. The molecule has 1 fully saturated rings. The highest BCUT2D eigenvalue weighted by atomic mass is 127. The molecule has 0 aliphatic carbocycles. The Hall–Kier alpha value is -1.40. The SMILES string of the molecule is CN=C(NCc1ncc(C)s1)N1CCN(Cc2cccc(C(F)(F)F)c2)CC1.I. The molecule has 2 heterocycles. The van der Waals surface area contributed by atoms with Gasteiger partial charge in [0.05, 0.1) is 12.1 Å². The molecule has 0 saturated carbocycles. The first-order valence-electron chi connectivity index (χ1n) is 9.10. The van der Waals surface area contributed by atoms with Crippen LogP contribution in [0.4, 0.5) is 13.2 Å². The molecule has 0 bridgehead atoms. The predicted molar refractivity (Wildman–Crippen MR) is 121 cm³/mol. The molecule has 1 aromatic carbocycles. The zero-order valence-electron chi connectivity index (χ0n) is 16.4. The van der Waals surface area contributed by atoms with Gasteiger partial charge in [-0.15, -0.1) is 35.3 Å². The Kier molecular flexibility index (Phi) is 8.71. The van der Waals surface area contributed by atoms with E-state index in [1.54, 1.807) is 24.5 Å². The Morgan fingerprint density at radius 3 is 2.55 bits per heavy atom. The molecule has 0 spiro atoms. The van der Waals surface area contributed by atoms with Gasteiger partial charge in [0.2, 0.25) is 0 Å². The van der Waals surface area contributed by atoms with E-state index in [2.05, 4.69) is 25.1 Å². The number of thiazole rings is 1. The number of hydrogen-bond acceptors (Lipinski definition) is 4. The summed E-state index contributed by atoms with van der Waals surface area (Å²) >= 11 is 1.66. The van der Waals surface area contributed by atoms with E-state index in [-0.39, 0.29) is 24.0 Å². The van der Waals surface area contributed by atoms with E-state index >= 15 is 0 Å². The molecule has 1 aliphatic heterocycles. The van der Waals surface area contributed by atoms with Crippen LogP contribution >= 0.6 is 35.3 Å². The van der Waals surface area contributed by atoms with Gasteiger partial charge in [0.25, 0.3) is 0 Å². The highest BCUT2D eigenvalue weighted by Gasteiger charge is 2.30. The summed E-state index contributed by atoms with van der Waals surface area (Å²) in [6.45, 7) is 6.27. The van der Waals surface area contributed by atoms with E-state index in [4.69, 9.17) is 0 Å². The standard InChI is InChI=1S/C19H24F3N5S.HI/c1-14-11-24-17(28-14)12-25-18(23-2)27-8-6-26(7-9-27)13-15-4-3-5-16(10-15)19(20,21)22;/h3-5,10-11H,6-9,12-13H2,1-2H3,(H,23,25);1H. The Morgan fingerprint density at radius 1 is 1.24 bits per heavy atom. The van der Waals surface area contributed by atoms with E-state index in [1.165, 1.54) is 17.0 Å². The second-order valence-corrected chi connectivity index (χ2v) is 8.05. The molecular weight excluding hydrogens is 514 g/mol. The lowest BCUT2D eigenvalue weighted by atomic mass is 10.1. The number of hydrogen-bond donors (Lipinski definition) is 1.